The fourth-order valence-corrected chi connectivity index (χ4v) is 3.31. The van der Waals surface area contributed by atoms with Crippen LogP contribution in [0.5, 0.6) is 0 Å². The van der Waals surface area contributed by atoms with Gasteiger partial charge in [-0.25, -0.2) is 9.59 Å². The summed E-state index contributed by atoms with van der Waals surface area (Å²) in [5.74, 6) is -1.09. The van der Waals surface area contributed by atoms with Crippen molar-refractivity contribution in [3.05, 3.63) is 40.3 Å². The van der Waals surface area contributed by atoms with Gasteiger partial charge in [-0.1, -0.05) is 23.8 Å². The first-order chi connectivity index (χ1) is 11.1. The first-order valence-electron chi connectivity index (χ1n) is 7.51. The van der Waals surface area contributed by atoms with Gasteiger partial charge in [-0.15, -0.1) is 11.3 Å². The maximum Gasteiger partial charge on any atom is 0.412 e. The van der Waals surface area contributed by atoms with Crippen LogP contribution in [0.3, 0.4) is 0 Å². The highest BCUT2D eigenvalue weighted by atomic mass is 32.1. The molecule has 6 heteroatoms. The van der Waals surface area contributed by atoms with E-state index in [0.717, 1.165) is 16.7 Å². The van der Waals surface area contributed by atoms with E-state index in [1.807, 2.05) is 32.0 Å². The number of aryl methyl sites for hydroxylation is 2. The fourth-order valence-electron chi connectivity index (χ4n) is 2.37. The molecule has 0 aliphatic carbocycles. The maximum absolute atomic E-state index is 11.9. The zero-order chi connectivity index (χ0) is 18.1. The number of hydrogen-bond donors (Lipinski definition) is 2. The molecule has 1 aromatic carbocycles. The monoisotopic (exact) mass is 347 g/mol. The number of carbonyl (C=O) groups excluding carboxylic acids is 1. The molecule has 0 spiro atoms. The van der Waals surface area contributed by atoms with Crippen molar-refractivity contribution in [1.82, 2.24) is 0 Å². The third kappa shape index (κ3) is 4.14. The van der Waals surface area contributed by atoms with Crippen LogP contribution in [0.1, 0.15) is 42.3 Å². The van der Waals surface area contributed by atoms with Crippen molar-refractivity contribution in [1.29, 1.82) is 0 Å². The van der Waals surface area contributed by atoms with E-state index < -0.39 is 17.7 Å². The topological polar surface area (TPSA) is 75.6 Å². The zero-order valence-corrected chi connectivity index (χ0v) is 15.2. The summed E-state index contributed by atoms with van der Waals surface area (Å²) < 4.78 is 5.19. The highest BCUT2D eigenvalue weighted by molar-refractivity contribution is 7.15. The van der Waals surface area contributed by atoms with Gasteiger partial charge in [-0.05, 0) is 45.7 Å². The normalized spacial score (nSPS) is 11.2. The molecule has 1 heterocycles. The van der Waals surface area contributed by atoms with Crippen LogP contribution in [0.15, 0.2) is 23.6 Å². The molecule has 5 nitrogen and oxygen atoms in total. The zero-order valence-electron chi connectivity index (χ0n) is 14.4. The van der Waals surface area contributed by atoms with Gasteiger partial charge in [0, 0.05) is 10.9 Å². The Kier molecular flexibility index (Phi) is 4.99. The molecule has 1 amide bonds. The molecular weight excluding hydrogens is 326 g/mol. The van der Waals surface area contributed by atoms with Crippen LogP contribution in [0, 0.1) is 13.8 Å². The third-order valence-corrected chi connectivity index (χ3v) is 4.19. The Balaban J connectivity index is 2.41. The van der Waals surface area contributed by atoms with E-state index in [9.17, 15) is 14.7 Å². The molecule has 1 aromatic heterocycles. The van der Waals surface area contributed by atoms with Crippen LogP contribution in [0.4, 0.5) is 9.80 Å². The lowest BCUT2D eigenvalue weighted by Crippen LogP contribution is -2.27. The maximum atomic E-state index is 11.9. The lowest BCUT2D eigenvalue weighted by Gasteiger charge is -2.19. The van der Waals surface area contributed by atoms with Gasteiger partial charge in [0.15, 0.2) is 0 Å². The summed E-state index contributed by atoms with van der Waals surface area (Å²) >= 11 is 1.17. The van der Waals surface area contributed by atoms with Crippen molar-refractivity contribution in [3.8, 4) is 11.1 Å². The molecule has 0 saturated heterocycles. The molecule has 2 N–H and O–H groups in total. The summed E-state index contributed by atoms with van der Waals surface area (Å²) in [6.45, 7) is 9.17. The van der Waals surface area contributed by atoms with E-state index in [-0.39, 0.29) is 10.6 Å². The van der Waals surface area contributed by atoms with E-state index in [2.05, 4.69) is 5.32 Å². The van der Waals surface area contributed by atoms with E-state index in [1.165, 1.54) is 11.3 Å². The summed E-state index contributed by atoms with van der Waals surface area (Å²) in [6.07, 6.45) is -0.668. The van der Waals surface area contributed by atoms with Crippen molar-refractivity contribution < 1.29 is 19.4 Å². The lowest BCUT2D eigenvalue weighted by atomic mass is 9.98. The van der Waals surface area contributed by atoms with Gasteiger partial charge in [0.1, 0.15) is 16.2 Å². The molecule has 2 aromatic rings. The first kappa shape index (κ1) is 18.0. The second kappa shape index (κ2) is 6.65. The Bertz CT molecular complexity index is 787. The number of rotatable bonds is 3. The molecular formula is C18H21NO4S. The predicted molar refractivity (Wildman–Crippen MR) is 96.0 cm³/mol. The van der Waals surface area contributed by atoms with E-state index in [4.69, 9.17) is 4.74 Å². The highest BCUT2D eigenvalue weighted by Gasteiger charge is 2.24. The van der Waals surface area contributed by atoms with Crippen molar-refractivity contribution in [3.63, 3.8) is 0 Å². The molecule has 0 aliphatic rings. The van der Waals surface area contributed by atoms with Crippen molar-refractivity contribution in [2.75, 3.05) is 5.32 Å². The van der Waals surface area contributed by atoms with E-state index >= 15 is 0 Å². The third-order valence-electron chi connectivity index (χ3n) is 3.29. The molecule has 128 valence electrons. The lowest BCUT2D eigenvalue weighted by molar-refractivity contribution is 0.0636. The molecule has 24 heavy (non-hydrogen) atoms. The average Bonchev–Trinajstić information content (AvgIpc) is 2.79. The van der Waals surface area contributed by atoms with Crippen LogP contribution in [-0.4, -0.2) is 22.8 Å². The molecule has 0 aliphatic heterocycles. The van der Waals surface area contributed by atoms with Crippen LogP contribution < -0.4 is 5.32 Å². The number of ether oxygens (including phenoxy) is 1. The summed E-state index contributed by atoms with van der Waals surface area (Å²) in [5, 5.41) is 14.2. The van der Waals surface area contributed by atoms with Crippen LogP contribution in [-0.2, 0) is 4.74 Å². The Morgan fingerprint density at radius 1 is 1.17 bits per heavy atom. The number of aromatic carboxylic acids is 1. The number of anilines is 1. The Labute approximate surface area is 145 Å². The minimum Gasteiger partial charge on any atom is -0.478 e. The van der Waals surface area contributed by atoms with Crippen molar-refractivity contribution in [2.24, 2.45) is 0 Å². The predicted octanol–water partition coefficient (Wildman–Crippen LogP) is 5.08. The van der Waals surface area contributed by atoms with Gasteiger partial charge in [0.25, 0.3) is 0 Å². The molecule has 0 bridgehead atoms. The number of nitrogens with one attached hydrogen (secondary N) is 1. The highest BCUT2D eigenvalue weighted by Crippen LogP contribution is 2.37. The Morgan fingerprint density at radius 2 is 1.83 bits per heavy atom. The van der Waals surface area contributed by atoms with Gasteiger partial charge >= 0.3 is 12.1 Å². The largest absolute Gasteiger partial charge is 0.478 e. The van der Waals surface area contributed by atoms with Crippen LogP contribution in [0.2, 0.25) is 0 Å². The minimum absolute atomic E-state index is 0.0813. The summed E-state index contributed by atoms with van der Waals surface area (Å²) in [4.78, 5) is 23.7. The summed E-state index contributed by atoms with van der Waals surface area (Å²) in [5.41, 5.74) is 2.95. The van der Waals surface area contributed by atoms with Crippen LogP contribution in [0.25, 0.3) is 11.1 Å². The summed E-state index contributed by atoms with van der Waals surface area (Å²) in [6, 6.07) is 5.84. The van der Waals surface area contributed by atoms with Gasteiger partial charge in [0.05, 0.1) is 0 Å². The average molecular weight is 347 g/mol. The smallest absolute Gasteiger partial charge is 0.412 e. The van der Waals surface area contributed by atoms with Crippen molar-refractivity contribution >= 4 is 28.4 Å². The van der Waals surface area contributed by atoms with E-state index in [0.29, 0.717) is 5.56 Å². The quantitative estimate of drug-likeness (QED) is 0.812. The molecule has 0 unspecified atom stereocenters. The van der Waals surface area contributed by atoms with Crippen molar-refractivity contribution in [2.45, 2.75) is 40.2 Å². The number of carboxylic acid groups (broad SMARTS) is 1. The molecule has 0 saturated carbocycles. The minimum atomic E-state index is -1.09. The standard InChI is InChI=1S/C18H21NO4S/c1-10-6-7-12(11(2)8-10)13-9-24-15(14(13)16(20)21)19-17(22)23-18(3,4)5/h6-9H,1-5H3,(H,19,22)(H,20,21). The number of carbonyl (C=O) groups is 2. The second-order valence-corrected chi connectivity index (χ2v) is 7.48. The summed E-state index contributed by atoms with van der Waals surface area (Å²) in [7, 11) is 0. The SMILES string of the molecule is Cc1ccc(-c2csc(NC(=O)OC(C)(C)C)c2C(=O)O)c(C)c1. The molecule has 0 fully saturated rings. The number of thiophene rings is 1. The fraction of sp³-hybridized carbons (Fsp3) is 0.333. The Hall–Kier alpha value is -2.34. The van der Waals surface area contributed by atoms with Gasteiger partial charge in [-0.3, -0.25) is 5.32 Å². The molecule has 0 atom stereocenters. The van der Waals surface area contributed by atoms with Crippen LogP contribution >= 0.6 is 11.3 Å². The van der Waals surface area contributed by atoms with Gasteiger partial charge in [0.2, 0.25) is 0 Å². The van der Waals surface area contributed by atoms with Gasteiger partial charge in [-0.2, -0.15) is 0 Å². The Morgan fingerprint density at radius 3 is 2.38 bits per heavy atom. The molecule has 2 rings (SSSR count). The number of amides is 1. The molecule has 0 radical (unpaired) electrons. The number of hydrogen-bond acceptors (Lipinski definition) is 4. The number of benzene rings is 1. The first-order valence-corrected chi connectivity index (χ1v) is 8.39. The second-order valence-electron chi connectivity index (χ2n) is 6.60. The van der Waals surface area contributed by atoms with E-state index in [1.54, 1.807) is 26.2 Å². The van der Waals surface area contributed by atoms with Gasteiger partial charge < -0.3 is 9.84 Å². The number of carboxylic acids is 1.